The van der Waals surface area contributed by atoms with Gasteiger partial charge in [0, 0.05) is 17.8 Å². The zero-order chi connectivity index (χ0) is 17.8. The van der Waals surface area contributed by atoms with Crippen molar-refractivity contribution in [1.82, 2.24) is 4.57 Å². The molecule has 0 amide bonds. The molecule has 2 aromatic rings. The van der Waals surface area contributed by atoms with E-state index in [-0.39, 0.29) is 5.84 Å². The van der Waals surface area contributed by atoms with Gasteiger partial charge in [0.1, 0.15) is 10.1 Å². The first-order chi connectivity index (χ1) is 12.1. The summed E-state index contributed by atoms with van der Waals surface area (Å²) < 4.78 is 8.03. The number of aliphatic imine (C=N–C) groups is 1. The summed E-state index contributed by atoms with van der Waals surface area (Å²) in [5, 5.41) is 9.59. The predicted molar refractivity (Wildman–Crippen MR) is 100 cm³/mol. The van der Waals surface area contributed by atoms with Gasteiger partial charge in [-0.3, -0.25) is 0 Å². The Morgan fingerprint density at radius 3 is 2.88 bits per heavy atom. The van der Waals surface area contributed by atoms with E-state index in [1.807, 2.05) is 10.8 Å². The molecule has 0 bridgehead atoms. The maximum Gasteiger partial charge on any atom is 0.207 e. The molecule has 8 heteroatoms. The van der Waals surface area contributed by atoms with Crippen LogP contribution in [0.15, 0.2) is 34.4 Å². The lowest BCUT2D eigenvalue weighted by molar-refractivity contribution is 0.274. The largest absolute Gasteiger partial charge is 0.496 e. The summed E-state index contributed by atoms with van der Waals surface area (Å²) in [5.74, 6) is 1.46. The number of benzene rings is 1. The monoisotopic (exact) mass is 394 g/mol. The number of nitriles is 1. The summed E-state index contributed by atoms with van der Waals surface area (Å²) in [5.41, 5.74) is 0.566. The second-order valence-electron chi connectivity index (χ2n) is 5.76. The molecule has 1 aliphatic rings. The summed E-state index contributed by atoms with van der Waals surface area (Å²) in [6, 6.07) is 5.13. The molecule has 0 saturated heterocycles. The van der Waals surface area contributed by atoms with Crippen LogP contribution in [-0.2, 0) is 6.54 Å². The van der Waals surface area contributed by atoms with Crippen molar-refractivity contribution in [3.63, 3.8) is 0 Å². The Labute approximate surface area is 159 Å². The third-order valence-corrected chi connectivity index (χ3v) is 5.50. The number of thiazole rings is 1. The molecule has 0 spiro atoms. The Morgan fingerprint density at radius 2 is 2.24 bits per heavy atom. The summed E-state index contributed by atoms with van der Waals surface area (Å²) in [6.45, 7) is 0.870. The fourth-order valence-electron chi connectivity index (χ4n) is 2.66. The van der Waals surface area contributed by atoms with E-state index in [4.69, 9.17) is 33.2 Å². The van der Waals surface area contributed by atoms with E-state index in [2.05, 4.69) is 9.98 Å². The van der Waals surface area contributed by atoms with Crippen molar-refractivity contribution < 1.29 is 4.74 Å². The molecule has 0 radical (unpaired) electrons. The quantitative estimate of drug-likeness (QED) is 0.435. The predicted octanol–water partition coefficient (Wildman–Crippen LogP) is 4.49. The van der Waals surface area contributed by atoms with Gasteiger partial charge in [-0.2, -0.15) is 15.2 Å². The average Bonchev–Trinajstić information content (AvgIpc) is 2.90. The zero-order valence-corrected chi connectivity index (χ0v) is 15.9. The second-order valence-corrected chi connectivity index (χ2v) is 7.84. The minimum absolute atomic E-state index is 0.253. The Hall–Kier alpha value is -1.81. The normalized spacial score (nSPS) is 15.8. The Bertz CT molecular complexity index is 906. The number of amidine groups is 1. The Morgan fingerprint density at radius 1 is 1.44 bits per heavy atom. The molecule has 1 fully saturated rings. The van der Waals surface area contributed by atoms with Crippen LogP contribution in [0.25, 0.3) is 0 Å². The number of rotatable bonds is 4. The van der Waals surface area contributed by atoms with Gasteiger partial charge in [0.25, 0.3) is 0 Å². The molecule has 130 valence electrons. The van der Waals surface area contributed by atoms with Crippen molar-refractivity contribution in [1.29, 1.82) is 5.26 Å². The second kappa shape index (κ2) is 8.05. The minimum Gasteiger partial charge on any atom is -0.496 e. The van der Waals surface area contributed by atoms with Gasteiger partial charge in [0.15, 0.2) is 10.6 Å². The summed E-state index contributed by atoms with van der Waals surface area (Å²) in [4.78, 5) is 9.16. The maximum atomic E-state index is 9.08. The van der Waals surface area contributed by atoms with E-state index in [0.717, 1.165) is 6.54 Å². The van der Waals surface area contributed by atoms with Crippen LogP contribution in [0.1, 0.15) is 24.8 Å². The van der Waals surface area contributed by atoms with E-state index in [1.54, 1.807) is 31.5 Å². The van der Waals surface area contributed by atoms with Gasteiger partial charge in [-0.05, 0) is 37.0 Å². The van der Waals surface area contributed by atoms with E-state index in [9.17, 15) is 0 Å². The molecule has 1 heterocycles. The summed E-state index contributed by atoms with van der Waals surface area (Å²) in [6.07, 6.45) is 7.40. The van der Waals surface area contributed by atoms with Crippen LogP contribution in [0.3, 0.4) is 0 Å². The van der Waals surface area contributed by atoms with Crippen molar-refractivity contribution in [2.45, 2.75) is 25.8 Å². The van der Waals surface area contributed by atoms with E-state index < -0.39 is 0 Å². The van der Waals surface area contributed by atoms with E-state index in [0.29, 0.717) is 31.4 Å². The SMILES string of the molecule is COc1ccc(Cl)cc1C(/N=c1\sc(Cl)cn1CC1CCC1)=N\C#N. The number of hydrogen-bond acceptors (Lipinski definition) is 4. The number of aromatic nitrogens is 1. The number of hydrogen-bond donors (Lipinski definition) is 0. The topological polar surface area (TPSA) is 62.7 Å². The van der Waals surface area contributed by atoms with Crippen LogP contribution in [0.4, 0.5) is 0 Å². The third-order valence-electron chi connectivity index (χ3n) is 4.13. The fraction of sp³-hybridized carbons (Fsp3) is 0.353. The van der Waals surface area contributed by atoms with Crippen LogP contribution < -0.4 is 9.54 Å². The number of halogens is 2. The lowest BCUT2D eigenvalue weighted by atomic mass is 9.85. The molecular formula is C17H16Cl2N4OS. The Kier molecular flexibility index (Phi) is 5.79. The summed E-state index contributed by atoms with van der Waals surface area (Å²) in [7, 11) is 1.55. The van der Waals surface area contributed by atoms with Crippen molar-refractivity contribution in [3.8, 4) is 11.9 Å². The van der Waals surface area contributed by atoms with Crippen molar-refractivity contribution in [2.75, 3.05) is 7.11 Å². The van der Waals surface area contributed by atoms with Gasteiger partial charge in [-0.1, -0.05) is 41.0 Å². The van der Waals surface area contributed by atoms with Crippen LogP contribution in [0.2, 0.25) is 9.36 Å². The van der Waals surface area contributed by atoms with Crippen molar-refractivity contribution in [2.24, 2.45) is 15.9 Å². The van der Waals surface area contributed by atoms with Crippen LogP contribution in [0, 0.1) is 17.4 Å². The molecule has 0 aliphatic heterocycles. The molecular weight excluding hydrogens is 379 g/mol. The smallest absolute Gasteiger partial charge is 0.207 e. The van der Waals surface area contributed by atoms with Crippen LogP contribution in [0.5, 0.6) is 5.75 Å². The molecule has 1 aliphatic carbocycles. The Balaban J connectivity index is 2.06. The standard InChI is InChI=1S/C17H16Cl2N4OS/c1-24-14-6-5-12(18)7-13(14)16(21-10-20)22-17-23(9-15(19)25-17)8-11-3-2-4-11/h5-7,9,11H,2-4,8H2,1H3/b21-16+,22-17-. The van der Waals surface area contributed by atoms with Crippen LogP contribution in [-0.4, -0.2) is 17.5 Å². The molecule has 0 unspecified atom stereocenters. The highest BCUT2D eigenvalue weighted by Gasteiger charge is 2.19. The van der Waals surface area contributed by atoms with Crippen LogP contribution >= 0.6 is 34.5 Å². The first kappa shape index (κ1) is 18.0. The summed E-state index contributed by atoms with van der Waals surface area (Å²) >= 11 is 13.6. The number of ether oxygens (including phenoxy) is 1. The van der Waals surface area contributed by atoms with Gasteiger partial charge in [0.2, 0.25) is 6.19 Å². The highest BCUT2D eigenvalue weighted by Crippen LogP contribution is 2.28. The molecule has 1 aromatic heterocycles. The number of methoxy groups -OCH3 is 1. The van der Waals surface area contributed by atoms with Crippen molar-refractivity contribution >= 4 is 40.4 Å². The average molecular weight is 395 g/mol. The number of nitrogens with zero attached hydrogens (tertiary/aromatic N) is 4. The van der Waals surface area contributed by atoms with E-state index in [1.165, 1.54) is 30.6 Å². The minimum atomic E-state index is 0.253. The zero-order valence-electron chi connectivity index (χ0n) is 13.6. The van der Waals surface area contributed by atoms with E-state index >= 15 is 0 Å². The maximum absolute atomic E-state index is 9.08. The molecule has 3 rings (SSSR count). The molecule has 25 heavy (non-hydrogen) atoms. The lowest BCUT2D eigenvalue weighted by Crippen LogP contribution is -2.24. The molecule has 1 aromatic carbocycles. The van der Waals surface area contributed by atoms with Gasteiger partial charge in [-0.15, -0.1) is 0 Å². The van der Waals surface area contributed by atoms with Gasteiger partial charge >= 0.3 is 0 Å². The van der Waals surface area contributed by atoms with Crippen molar-refractivity contribution in [3.05, 3.63) is 44.1 Å². The molecule has 5 nitrogen and oxygen atoms in total. The first-order valence-corrected chi connectivity index (χ1v) is 9.39. The molecule has 0 N–H and O–H groups in total. The van der Waals surface area contributed by atoms with Gasteiger partial charge in [-0.25, -0.2) is 0 Å². The van der Waals surface area contributed by atoms with Gasteiger partial charge in [0.05, 0.1) is 12.7 Å². The highest BCUT2D eigenvalue weighted by molar-refractivity contribution is 7.13. The third kappa shape index (κ3) is 4.24. The fourth-order valence-corrected chi connectivity index (χ4v) is 3.89. The van der Waals surface area contributed by atoms with Gasteiger partial charge < -0.3 is 9.30 Å². The lowest BCUT2D eigenvalue weighted by Gasteiger charge is -2.25. The highest BCUT2D eigenvalue weighted by atomic mass is 35.5. The molecule has 0 atom stereocenters. The first-order valence-electron chi connectivity index (χ1n) is 7.82. The molecule has 1 saturated carbocycles.